The van der Waals surface area contributed by atoms with Gasteiger partial charge in [-0.05, 0) is 37.5 Å². The molecular weight excluding hydrogens is 316 g/mol. The van der Waals surface area contributed by atoms with Crippen molar-refractivity contribution in [3.05, 3.63) is 46.2 Å². The Morgan fingerprint density at radius 3 is 2.68 bits per heavy atom. The first-order valence-electron chi connectivity index (χ1n) is 8.80. The molecule has 0 aliphatic carbocycles. The molecule has 0 spiro atoms. The lowest BCUT2D eigenvalue weighted by molar-refractivity contribution is 0.0327. The first kappa shape index (κ1) is 16.3. The lowest BCUT2D eigenvalue weighted by Gasteiger charge is -2.24. The maximum absolute atomic E-state index is 5.52. The van der Waals surface area contributed by atoms with Crippen LogP contribution in [-0.2, 0) is 17.7 Å². The molecule has 2 aromatic heterocycles. The molecule has 0 bridgehead atoms. The minimum atomic E-state index is 0.659. The highest BCUT2D eigenvalue weighted by Gasteiger charge is 2.18. The van der Waals surface area contributed by atoms with Gasteiger partial charge in [-0.1, -0.05) is 17.3 Å². The Balaban J connectivity index is 1.57. The molecule has 25 heavy (non-hydrogen) atoms. The minimum Gasteiger partial charge on any atom is -0.379 e. The van der Waals surface area contributed by atoms with Crippen molar-refractivity contribution in [1.82, 2.24) is 20.0 Å². The molecule has 1 saturated heterocycles. The number of benzene rings is 1. The lowest BCUT2D eigenvalue weighted by atomic mass is 10.0. The third-order valence-electron chi connectivity index (χ3n) is 5.00. The van der Waals surface area contributed by atoms with Crippen LogP contribution in [0.25, 0.3) is 10.9 Å². The highest BCUT2D eigenvalue weighted by atomic mass is 16.5. The second-order valence-electron chi connectivity index (χ2n) is 6.85. The van der Waals surface area contributed by atoms with Gasteiger partial charge in [0.2, 0.25) is 5.89 Å². The van der Waals surface area contributed by atoms with Crippen LogP contribution in [0.4, 0.5) is 0 Å². The van der Waals surface area contributed by atoms with E-state index in [1.165, 1.54) is 33.3 Å². The third-order valence-corrected chi connectivity index (χ3v) is 5.00. The molecule has 0 radical (unpaired) electrons. The second-order valence-corrected chi connectivity index (χ2v) is 6.85. The van der Waals surface area contributed by atoms with Crippen molar-refractivity contribution in [1.29, 1.82) is 0 Å². The van der Waals surface area contributed by atoms with Crippen LogP contribution >= 0.6 is 0 Å². The molecule has 0 unspecified atom stereocenters. The summed E-state index contributed by atoms with van der Waals surface area (Å²) in [6, 6.07) is 4.33. The molecule has 3 aromatic rings. The quantitative estimate of drug-likeness (QED) is 0.791. The average Bonchev–Trinajstić information content (AvgIpc) is 3.18. The Labute approximate surface area is 147 Å². The molecule has 1 N–H and O–H groups in total. The largest absolute Gasteiger partial charge is 0.379 e. The normalized spacial score (nSPS) is 16.0. The summed E-state index contributed by atoms with van der Waals surface area (Å²) in [6.07, 6.45) is 0.659. The van der Waals surface area contributed by atoms with Crippen LogP contribution in [0, 0.1) is 20.8 Å². The zero-order valence-electron chi connectivity index (χ0n) is 15.1. The zero-order valence-corrected chi connectivity index (χ0v) is 15.1. The Morgan fingerprint density at radius 1 is 1.12 bits per heavy atom. The molecule has 1 aromatic carbocycles. The number of aryl methyl sites for hydroxylation is 3. The Kier molecular flexibility index (Phi) is 4.31. The van der Waals surface area contributed by atoms with Crippen molar-refractivity contribution in [2.24, 2.45) is 0 Å². The van der Waals surface area contributed by atoms with Gasteiger partial charge >= 0.3 is 0 Å². The Morgan fingerprint density at radius 2 is 1.88 bits per heavy atom. The number of rotatable bonds is 4. The van der Waals surface area contributed by atoms with Crippen LogP contribution in [0.3, 0.4) is 0 Å². The predicted octanol–water partition coefficient (Wildman–Crippen LogP) is 2.90. The van der Waals surface area contributed by atoms with E-state index in [0.29, 0.717) is 12.3 Å². The first-order chi connectivity index (χ1) is 12.1. The van der Waals surface area contributed by atoms with E-state index in [-0.39, 0.29) is 0 Å². The molecule has 4 rings (SSSR count). The fraction of sp³-hybridized carbons (Fsp3) is 0.474. The van der Waals surface area contributed by atoms with Gasteiger partial charge in [0, 0.05) is 29.7 Å². The maximum Gasteiger partial charge on any atom is 0.231 e. The first-order valence-corrected chi connectivity index (χ1v) is 8.80. The fourth-order valence-electron chi connectivity index (χ4n) is 3.57. The van der Waals surface area contributed by atoms with Crippen molar-refractivity contribution in [2.75, 3.05) is 26.3 Å². The SMILES string of the molecule is Cc1[nH]c2c(C)ccc(C)c2c1Cc1nc(CN2CCOCC2)no1. The number of hydrogen-bond donors (Lipinski definition) is 1. The van der Waals surface area contributed by atoms with Gasteiger partial charge in [0.15, 0.2) is 5.82 Å². The van der Waals surface area contributed by atoms with Crippen molar-refractivity contribution < 1.29 is 9.26 Å². The fourth-order valence-corrected chi connectivity index (χ4v) is 3.57. The van der Waals surface area contributed by atoms with Crippen LogP contribution in [0.15, 0.2) is 16.7 Å². The summed E-state index contributed by atoms with van der Waals surface area (Å²) < 4.78 is 10.9. The third kappa shape index (κ3) is 3.19. The molecule has 3 heterocycles. The molecule has 6 heteroatoms. The summed E-state index contributed by atoms with van der Waals surface area (Å²) in [5, 5.41) is 5.44. The van der Waals surface area contributed by atoms with Gasteiger partial charge in [-0.3, -0.25) is 4.90 Å². The number of nitrogens with one attached hydrogen (secondary N) is 1. The smallest absolute Gasteiger partial charge is 0.231 e. The summed E-state index contributed by atoms with van der Waals surface area (Å²) >= 11 is 0. The van der Waals surface area contributed by atoms with Crippen LogP contribution in [0.2, 0.25) is 0 Å². The monoisotopic (exact) mass is 340 g/mol. The van der Waals surface area contributed by atoms with E-state index in [9.17, 15) is 0 Å². The van der Waals surface area contributed by atoms with Crippen LogP contribution in [-0.4, -0.2) is 46.3 Å². The molecule has 6 nitrogen and oxygen atoms in total. The van der Waals surface area contributed by atoms with Gasteiger partial charge in [0.05, 0.1) is 26.2 Å². The number of H-pyrrole nitrogens is 1. The van der Waals surface area contributed by atoms with Crippen molar-refractivity contribution in [3.63, 3.8) is 0 Å². The highest BCUT2D eigenvalue weighted by Crippen LogP contribution is 2.29. The number of aromatic nitrogens is 3. The number of aromatic amines is 1. The standard InChI is InChI=1S/C19H24N4O2/c1-12-4-5-13(2)19-18(12)15(14(3)20-19)10-17-21-16(22-25-17)11-23-6-8-24-9-7-23/h4-5,20H,6-11H2,1-3H3. The maximum atomic E-state index is 5.52. The van der Waals surface area contributed by atoms with Gasteiger partial charge in [-0.2, -0.15) is 4.98 Å². The van der Waals surface area contributed by atoms with Crippen LogP contribution in [0.5, 0.6) is 0 Å². The number of morpholine rings is 1. The van der Waals surface area contributed by atoms with Gasteiger partial charge in [0.25, 0.3) is 0 Å². The van der Waals surface area contributed by atoms with E-state index in [1.54, 1.807) is 0 Å². The van der Waals surface area contributed by atoms with Gasteiger partial charge < -0.3 is 14.2 Å². The van der Waals surface area contributed by atoms with Crippen LogP contribution in [0.1, 0.15) is 34.1 Å². The lowest BCUT2D eigenvalue weighted by Crippen LogP contribution is -2.35. The minimum absolute atomic E-state index is 0.659. The molecule has 1 fully saturated rings. The Hall–Kier alpha value is -2.18. The topological polar surface area (TPSA) is 67.2 Å². The number of ether oxygens (including phenoxy) is 1. The number of nitrogens with zero attached hydrogens (tertiary/aromatic N) is 3. The van der Waals surface area contributed by atoms with E-state index in [1.807, 2.05) is 0 Å². The van der Waals surface area contributed by atoms with Crippen molar-refractivity contribution in [3.8, 4) is 0 Å². The number of hydrogen-bond acceptors (Lipinski definition) is 5. The van der Waals surface area contributed by atoms with Gasteiger partial charge in [0.1, 0.15) is 0 Å². The summed E-state index contributed by atoms with van der Waals surface area (Å²) in [5.74, 6) is 1.43. The molecule has 0 saturated carbocycles. The van der Waals surface area contributed by atoms with Gasteiger partial charge in [-0.15, -0.1) is 0 Å². The second kappa shape index (κ2) is 6.61. The van der Waals surface area contributed by atoms with E-state index in [0.717, 1.165) is 38.7 Å². The van der Waals surface area contributed by atoms with Crippen LogP contribution < -0.4 is 0 Å². The molecule has 1 aliphatic rings. The number of fused-ring (bicyclic) bond motifs is 1. The molecule has 132 valence electrons. The summed E-state index contributed by atoms with van der Waals surface area (Å²) in [4.78, 5) is 10.4. The summed E-state index contributed by atoms with van der Waals surface area (Å²) in [7, 11) is 0. The average molecular weight is 340 g/mol. The Bertz CT molecular complexity index is 890. The van der Waals surface area contributed by atoms with Crippen molar-refractivity contribution >= 4 is 10.9 Å². The molecular formula is C19H24N4O2. The molecule has 0 amide bonds. The summed E-state index contributed by atoms with van der Waals surface area (Å²) in [6.45, 7) is 10.5. The zero-order chi connectivity index (χ0) is 17.4. The van der Waals surface area contributed by atoms with E-state index in [4.69, 9.17) is 9.26 Å². The summed E-state index contributed by atoms with van der Waals surface area (Å²) in [5.41, 5.74) is 6.15. The van der Waals surface area contributed by atoms with E-state index < -0.39 is 0 Å². The van der Waals surface area contributed by atoms with Gasteiger partial charge in [-0.25, -0.2) is 0 Å². The molecule has 1 aliphatic heterocycles. The van der Waals surface area contributed by atoms with E-state index in [2.05, 4.69) is 52.9 Å². The van der Waals surface area contributed by atoms with Crippen molar-refractivity contribution in [2.45, 2.75) is 33.7 Å². The van der Waals surface area contributed by atoms with E-state index >= 15 is 0 Å². The predicted molar refractivity (Wildman–Crippen MR) is 95.7 cm³/mol. The molecule has 0 atom stereocenters. The highest BCUT2D eigenvalue weighted by molar-refractivity contribution is 5.90.